The predicted molar refractivity (Wildman–Crippen MR) is 68.8 cm³/mol. The minimum atomic E-state index is -0.463. The minimum Gasteiger partial charge on any atom is -0.459 e. The molecule has 1 aliphatic rings. The summed E-state index contributed by atoms with van der Waals surface area (Å²) in [5, 5.41) is 8.73. The van der Waals surface area contributed by atoms with E-state index >= 15 is 0 Å². The molecule has 0 amide bonds. The zero-order valence-electron chi connectivity index (χ0n) is 11.1. The molecule has 2 rings (SSSR count). The van der Waals surface area contributed by atoms with Gasteiger partial charge in [0, 0.05) is 13.5 Å². The summed E-state index contributed by atoms with van der Waals surface area (Å²) in [5.41, 5.74) is 1.82. The largest absolute Gasteiger partial charge is 0.459 e. The number of carbonyl (C=O) groups is 1. The van der Waals surface area contributed by atoms with Crippen molar-refractivity contribution in [1.82, 2.24) is 9.55 Å². The lowest BCUT2D eigenvalue weighted by molar-refractivity contribution is -0.142. The van der Waals surface area contributed by atoms with Crippen molar-refractivity contribution in [3.05, 3.63) is 41.3 Å². The van der Waals surface area contributed by atoms with Crippen molar-refractivity contribution in [2.24, 2.45) is 0 Å². The molecular formula is C14H14FN3O2. The second kappa shape index (κ2) is 6.15. The van der Waals surface area contributed by atoms with Crippen molar-refractivity contribution in [3.8, 4) is 6.07 Å². The Morgan fingerprint density at radius 2 is 2.40 bits per heavy atom. The molecule has 0 saturated carbocycles. The first-order chi connectivity index (χ1) is 9.60. The number of hydrogen-bond acceptors (Lipinski definition) is 4. The Bertz CT molecular complexity index is 623. The van der Waals surface area contributed by atoms with E-state index < -0.39 is 5.83 Å². The summed E-state index contributed by atoms with van der Waals surface area (Å²) in [7, 11) is 0. The lowest BCUT2D eigenvalue weighted by atomic mass is 9.98. The first-order valence-corrected chi connectivity index (χ1v) is 6.20. The highest BCUT2D eigenvalue weighted by molar-refractivity contribution is 5.65. The van der Waals surface area contributed by atoms with E-state index in [0.717, 1.165) is 11.3 Å². The van der Waals surface area contributed by atoms with E-state index in [1.54, 1.807) is 17.1 Å². The number of nitriles is 1. The first kappa shape index (κ1) is 14.0. The second-order valence-corrected chi connectivity index (χ2v) is 4.53. The molecule has 5 nitrogen and oxygen atoms in total. The van der Waals surface area contributed by atoms with E-state index in [0.29, 0.717) is 19.4 Å². The fourth-order valence-electron chi connectivity index (χ4n) is 1.98. The molecule has 1 aromatic heterocycles. The molecular weight excluding hydrogens is 261 g/mol. The maximum absolute atomic E-state index is 13.6. The van der Waals surface area contributed by atoms with Crippen LogP contribution in [0.5, 0.6) is 0 Å². The van der Waals surface area contributed by atoms with Crippen molar-refractivity contribution in [2.75, 3.05) is 0 Å². The second-order valence-electron chi connectivity index (χ2n) is 4.53. The number of nitrogens with zero attached hydrogens (tertiary/aromatic N) is 3. The maximum Gasteiger partial charge on any atom is 0.303 e. The van der Waals surface area contributed by atoms with Crippen LogP contribution in [0.25, 0.3) is 0 Å². The number of esters is 1. The molecule has 0 bridgehead atoms. The molecule has 0 N–H and O–H groups in total. The molecule has 1 aliphatic carbocycles. The predicted octanol–water partition coefficient (Wildman–Crippen LogP) is 2.41. The van der Waals surface area contributed by atoms with Gasteiger partial charge in [-0.25, -0.2) is 9.37 Å². The van der Waals surface area contributed by atoms with Crippen molar-refractivity contribution in [3.63, 3.8) is 0 Å². The van der Waals surface area contributed by atoms with Gasteiger partial charge in [-0.15, -0.1) is 0 Å². The van der Waals surface area contributed by atoms with Crippen LogP contribution in [0.15, 0.2) is 35.6 Å². The monoisotopic (exact) mass is 275 g/mol. The summed E-state index contributed by atoms with van der Waals surface area (Å²) in [6.45, 7) is 1.96. The Morgan fingerprint density at radius 1 is 1.60 bits per heavy atom. The summed E-state index contributed by atoms with van der Waals surface area (Å²) in [6.07, 6.45) is 5.68. The van der Waals surface area contributed by atoms with Gasteiger partial charge in [0.1, 0.15) is 12.4 Å². The Hall–Kier alpha value is -2.42. The number of allylic oxidation sites excluding steroid dienone is 4. The Labute approximate surface area is 116 Å². The molecule has 0 aromatic carbocycles. The smallest absolute Gasteiger partial charge is 0.303 e. The zero-order chi connectivity index (χ0) is 14.5. The molecule has 1 aromatic rings. The summed E-state index contributed by atoms with van der Waals surface area (Å²) >= 11 is 0. The fraction of sp³-hybridized carbons (Fsp3) is 0.357. The molecule has 0 spiro atoms. The maximum atomic E-state index is 13.6. The quantitative estimate of drug-likeness (QED) is 0.791. The number of halogens is 1. The molecule has 0 saturated heterocycles. The summed E-state index contributed by atoms with van der Waals surface area (Å²) in [5.74, 6) is -0.822. The summed E-state index contributed by atoms with van der Waals surface area (Å²) in [4.78, 5) is 14.8. The van der Waals surface area contributed by atoms with Gasteiger partial charge < -0.3 is 9.30 Å². The molecule has 0 unspecified atom stereocenters. The Balaban J connectivity index is 2.08. The summed E-state index contributed by atoms with van der Waals surface area (Å²) in [6, 6.07) is 1.86. The molecule has 0 atom stereocenters. The number of carbonyl (C=O) groups excluding carboxylic acids is 1. The number of imidazole rings is 1. The highest BCUT2D eigenvalue weighted by Crippen LogP contribution is 2.25. The van der Waals surface area contributed by atoms with Gasteiger partial charge in [0.2, 0.25) is 0 Å². The van der Waals surface area contributed by atoms with Crippen LogP contribution < -0.4 is 0 Å². The lowest BCUT2D eigenvalue weighted by Gasteiger charge is -2.14. The van der Waals surface area contributed by atoms with Gasteiger partial charge in [-0.2, -0.15) is 5.26 Å². The van der Waals surface area contributed by atoms with Crippen LogP contribution in [0, 0.1) is 11.3 Å². The van der Waals surface area contributed by atoms with Gasteiger partial charge in [0.05, 0.1) is 29.9 Å². The zero-order valence-corrected chi connectivity index (χ0v) is 11.1. The van der Waals surface area contributed by atoms with Crippen LogP contribution in [-0.2, 0) is 22.7 Å². The number of aromatic nitrogens is 2. The normalized spacial score (nSPS) is 14.8. The lowest BCUT2D eigenvalue weighted by Crippen LogP contribution is -2.09. The third-order valence-electron chi connectivity index (χ3n) is 3.05. The highest BCUT2D eigenvalue weighted by atomic mass is 19.1. The molecule has 6 heteroatoms. The third-order valence-corrected chi connectivity index (χ3v) is 3.05. The van der Waals surface area contributed by atoms with Gasteiger partial charge in [-0.1, -0.05) is 0 Å². The van der Waals surface area contributed by atoms with Crippen LogP contribution in [0.3, 0.4) is 0 Å². The highest BCUT2D eigenvalue weighted by Gasteiger charge is 2.14. The van der Waals surface area contributed by atoms with Crippen LogP contribution in [0.1, 0.15) is 25.5 Å². The first-order valence-electron chi connectivity index (χ1n) is 6.20. The number of hydrogen-bond donors (Lipinski definition) is 0. The standard InChI is InChI=1S/C14H14FN3O2/c1-10(19)20-8-13-6-17-9-18(13)7-11-2-3-12(5-16)14(15)4-11/h4,6,9H,2-3,7-8H2,1H3. The number of rotatable bonds is 4. The van der Waals surface area contributed by atoms with Crippen LogP contribution in [-0.4, -0.2) is 15.5 Å². The van der Waals surface area contributed by atoms with E-state index in [1.807, 2.05) is 6.07 Å². The molecule has 0 radical (unpaired) electrons. The van der Waals surface area contributed by atoms with E-state index in [4.69, 9.17) is 10.00 Å². The number of ether oxygens (including phenoxy) is 1. The molecule has 0 fully saturated rings. The van der Waals surface area contributed by atoms with E-state index in [1.165, 1.54) is 13.0 Å². The SMILES string of the molecule is CC(=O)OCc1cncn1CC1=CC(F)=C(C#N)CC1. The Morgan fingerprint density at radius 3 is 3.05 bits per heavy atom. The average Bonchev–Trinajstić information content (AvgIpc) is 2.84. The van der Waals surface area contributed by atoms with Crippen molar-refractivity contribution >= 4 is 5.97 Å². The molecule has 20 heavy (non-hydrogen) atoms. The van der Waals surface area contributed by atoms with Crippen molar-refractivity contribution in [2.45, 2.75) is 32.9 Å². The van der Waals surface area contributed by atoms with Crippen molar-refractivity contribution < 1.29 is 13.9 Å². The van der Waals surface area contributed by atoms with Crippen LogP contribution >= 0.6 is 0 Å². The Kier molecular flexibility index (Phi) is 4.31. The van der Waals surface area contributed by atoms with Gasteiger partial charge >= 0.3 is 5.97 Å². The average molecular weight is 275 g/mol. The third kappa shape index (κ3) is 3.32. The van der Waals surface area contributed by atoms with Gasteiger partial charge in [0.25, 0.3) is 0 Å². The van der Waals surface area contributed by atoms with E-state index in [2.05, 4.69) is 4.98 Å². The molecule has 1 heterocycles. The fourth-order valence-corrected chi connectivity index (χ4v) is 1.98. The van der Waals surface area contributed by atoms with E-state index in [-0.39, 0.29) is 18.1 Å². The summed E-state index contributed by atoms with van der Waals surface area (Å²) < 4.78 is 20.3. The molecule has 0 aliphatic heterocycles. The van der Waals surface area contributed by atoms with Gasteiger partial charge in [-0.05, 0) is 24.5 Å². The van der Waals surface area contributed by atoms with Crippen LogP contribution in [0.4, 0.5) is 4.39 Å². The van der Waals surface area contributed by atoms with Crippen LogP contribution in [0.2, 0.25) is 0 Å². The van der Waals surface area contributed by atoms with Gasteiger partial charge in [0.15, 0.2) is 0 Å². The van der Waals surface area contributed by atoms with Crippen molar-refractivity contribution in [1.29, 1.82) is 5.26 Å². The topological polar surface area (TPSA) is 67.9 Å². The minimum absolute atomic E-state index is 0.143. The van der Waals surface area contributed by atoms with E-state index in [9.17, 15) is 9.18 Å². The van der Waals surface area contributed by atoms with Gasteiger partial charge in [-0.3, -0.25) is 4.79 Å². The molecule has 104 valence electrons.